The Balaban J connectivity index is 0.000000175. The molecular weight excluding hydrogens is 767 g/mol. The van der Waals surface area contributed by atoms with Crippen molar-refractivity contribution in [3.8, 4) is 0 Å². The number of aromatic nitrogens is 4. The van der Waals surface area contributed by atoms with Crippen LogP contribution in [0.5, 0.6) is 0 Å². The zero-order chi connectivity index (χ0) is 40.1. The maximum Gasteiger partial charge on any atom is 0.330 e. The van der Waals surface area contributed by atoms with E-state index in [2.05, 4.69) is 37.1 Å². The van der Waals surface area contributed by atoms with Crippen molar-refractivity contribution in [2.45, 2.75) is 88.7 Å². The van der Waals surface area contributed by atoms with Gasteiger partial charge >= 0.3 is 12.1 Å². The lowest BCUT2D eigenvalue weighted by atomic mass is 9.93. The number of nitrogens with one attached hydrogen (secondary N) is 2. The lowest BCUT2D eigenvalue weighted by Gasteiger charge is -2.34. The molecule has 2 aliphatic heterocycles. The Morgan fingerprint density at radius 2 is 1.18 bits per heavy atom. The first-order valence-electron chi connectivity index (χ1n) is 19.3. The number of rotatable bonds is 9. The number of carbonyl (C=O) groups is 2. The predicted molar refractivity (Wildman–Crippen MR) is 225 cm³/mol. The van der Waals surface area contributed by atoms with Crippen LogP contribution in [0.15, 0.2) is 73.6 Å². The summed E-state index contributed by atoms with van der Waals surface area (Å²) in [6.45, 7) is 5.05. The molecule has 0 spiro atoms. The molecule has 0 unspecified atom stereocenters. The van der Waals surface area contributed by atoms with Crippen molar-refractivity contribution in [3.05, 3.63) is 94.8 Å². The van der Waals surface area contributed by atoms with Crippen molar-refractivity contribution in [2.75, 3.05) is 50.9 Å². The number of fused-ring (bicyclic) bond motifs is 2. The van der Waals surface area contributed by atoms with Crippen LogP contribution in [0.2, 0.25) is 10.0 Å². The molecule has 2 saturated carbocycles. The van der Waals surface area contributed by atoms with Crippen LogP contribution in [0.3, 0.4) is 0 Å². The topological polar surface area (TPSA) is 152 Å². The molecule has 300 valence electrons. The number of aliphatic hydroxyl groups is 1. The number of halogens is 2. The van der Waals surface area contributed by atoms with Gasteiger partial charge in [0.25, 0.3) is 0 Å². The lowest BCUT2D eigenvalue weighted by Crippen LogP contribution is -2.46. The second-order valence-electron chi connectivity index (χ2n) is 14.7. The largest absolute Gasteiger partial charge is 0.393 e. The number of aliphatic hydroxyl groups excluding tert-OH is 1. The van der Waals surface area contributed by atoms with Gasteiger partial charge in [-0.3, -0.25) is 19.6 Å². The summed E-state index contributed by atoms with van der Waals surface area (Å²) in [6.07, 6.45) is 12.8. The fourth-order valence-corrected chi connectivity index (χ4v) is 8.11. The fourth-order valence-electron chi connectivity index (χ4n) is 7.64. The summed E-state index contributed by atoms with van der Waals surface area (Å²) in [7, 11) is 3.43. The van der Waals surface area contributed by atoms with Crippen LogP contribution in [-0.4, -0.2) is 82.1 Å². The van der Waals surface area contributed by atoms with Crippen LogP contribution in [0.4, 0.5) is 44.5 Å². The molecule has 2 fully saturated rings. The van der Waals surface area contributed by atoms with Gasteiger partial charge in [-0.15, -0.1) is 6.58 Å². The van der Waals surface area contributed by atoms with Gasteiger partial charge < -0.3 is 20.5 Å². The minimum atomic E-state index is -0.202. The van der Waals surface area contributed by atoms with E-state index in [4.69, 9.17) is 27.9 Å². The second-order valence-corrected chi connectivity index (χ2v) is 15.5. The average Bonchev–Trinajstić information content (AvgIpc) is 3.22. The van der Waals surface area contributed by atoms with Crippen molar-refractivity contribution in [3.63, 3.8) is 0 Å². The van der Waals surface area contributed by atoms with Gasteiger partial charge in [-0.2, -0.15) is 9.97 Å². The standard InChI is InChI=1S/C22H26ClN5O2.C19H22ClN5O2/c1-3-12-30-17-10-8-16(9-11-17)25-21-24-13-15-14-28(19-7-5-4-6-18(19)23)22(29)27(2)20(15)26-21;1-24-17-12(11-25(19(24)27)16-5-3-2-4-15(16)20)10-21-18(23-17)22-13-6-8-14(26)9-7-13/h3-7,13,16-17H,1,8-12,14H2,2H3,(H,24,25,26);2-5,10,13-14,26H,6-9,11H2,1H3,(H,21,22,23). The highest BCUT2D eigenvalue weighted by molar-refractivity contribution is 6.34. The van der Waals surface area contributed by atoms with Crippen LogP contribution in [-0.2, 0) is 17.8 Å². The molecule has 16 heteroatoms. The van der Waals surface area contributed by atoms with Crippen molar-refractivity contribution >= 4 is 70.2 Å². The van der Waals surface area contributed by atoms with E-state index in [-0.39, 0.29) is 24.2 Å². The Kier molecular flexibility index (Phi) is 12.7. The van der Waals surface area contributed by atoms with E-state index in [1.165, 1.54) is 4.90 Å². The average molecular weight is 816 g/mol. The van der Waals surface area contributed by atoms with E-state index in [1.807, 2.05) is 36.4 Å². The second kappa shape index (κ2) is 18.1. The quantitative estimate of drug-likeness (QED) is 0.142. The summed E-state index contributed by atoms with van der Waals surface area (Å²) < 4.78 is 5.75. The first-order valence-corrected chi connectivity index (χ1v) is 20.1. The Morgan fingerprint density at radius 1 is 0.737 bits per heavy atom. The molecule has 4 amide bonds. The molecule has 0 radical (unpaired) electrons. The smallest absolute Gasteiger partial charge is 0.330 e. The number of benzene rings is 2. The molecule has 0 bridgehead atoms. The van der Waals surface area contributed by atoms with Crippen LogP contribution in [0.1, 0.15) is 62.5 Å². The predicted octanol–water partition coefficient (Wildman–Crippen LogP) is 8.05. The molecule has 4 aliphatic rings. The molecule has 2 aromatic heterocycles. The number of ether oxygens (including phenoxy) is 1. The summed E-state index contributed by atoms with van der Waals surface area (Å²) in [6, 6.07) is 14.8. The third kappa shape index (κ3) is 9.25. The van der Waals surface area contributed by atoms with Crippen LogP contribution in [0, 0.1) is 0 Å². The Morgan fingerprint density at radius 3 is 1.61 bits per heavy atom. The van der Waals surface area contributed by atoms with E-state index in [9.17, 15) is 14.7 Å². The molecule has 14 nitrogen and oxygen atoms in total. The monoisotopic (exact) mass is 814 g/mol. The molecule has 3 N–H and O–H groups in total. The number of urea groups is 2. The zero-order valence-corrected chi connectivity index (χ0v) is 33.7. The van der Waals surface area contributed by atoms with Gasteiger partial charge in [0.15, 0.2) is 0 Å². The molecular formula is C41H48Cl2N10O4. The van der Waals surface area contributed by atoms with Crippen molar-refractivity contribution in [1.82, 2.24) is 19.9 Å². The Bertz CT molecular complexity index is 2080. The fraction of sp³-hybridized carbons (Fsp3) is 0.415. The Hall–Kier alpha value is -5.02. The third-order valence-electron chi connectivity index (χ3n) is 10.8. The molecule has 4 heterocycles. The number of nitrogens with zero attached hydrogens (tertiary/aromatic N) is 8. The maximum atomic E-state index is 13.0. The highest BCUT2D eigenvalue weighted by atomic mass is 35.5. The van der Waals surface area contributed by atoms with Crippen molar-refractivity contribution < 1.29 is 19.4 Å². The molecule has 57 heavy (non-hydrogen) atoms. The number of hydrogen-bond acceptors (Lipinski definition) is 10. The highest BCUT2D eigenvalue weighted by Gasteiger charge is 2.33. The van der Waals surface area contributed by atoms with Crippen LogP contribution in [0.25, 0.3) is 0 Å². The summed E-state index contributed by atoms with van der Waals surface area (Å²) in [4.78, 5) is 50.3. The number of hydrogen-bond donors (Lipinski definition) is 3. The van der Waals surface area contributed by atoms with Gasteiger partial charge in [-0.25, -0.2) is 19.6 Å². The zero-order valence-electron chi connectivity index (χ0n) is 32.2. The molecule has 4 aromatic rings. The van der Waals surface area contributed by atoms with Gasteiger partial charge in [-0.05, 0) is 75.6 Å². The molecule has 2 aromatic carbocycles. The van der Waals surface area contributed by atoms with Gasteiger partial charge in [0.2, 0.25) is 11.9 Å². The minimum absolute atomic E-state index is 0.167. The first kappa shape index (κ1) is 40.2. The van der Waals surface area contributed by atoms with E-state index in [0.29, 0.717) is 76.8 Å². The highest BCUT2D eigenvalue weighted by Crippen LogP contribution is 2.36. The summed E-state index contributed by atoms with van der Waals surface area (Å²) in [5, 5.41) is 17.5. The van der Waals surface area contributed by atoms with Crippen molar-refractivity contribution in [1.29, 1.82) is 0 Å². The summed E-state index contributed by atoms with van der Waals surface area (Å²) >= 11 is 12.6. The molecule has 8 rings (SSSR count). The molecule has 2 aliphatic carbocycles. The Labute approximate surface area is 342 Å². The van der Waals surface area contributed by atoms with Crippen LogP contribution < -0.4 is 30.2 Å². The third-order valence-corrected chi connectivity index (χ3v) is 11.4. The maximum absolute atomic E-state index is 13.0. The molecule has 0 atom stereocenters. The van der Waals surface area contributed by atoms with E-state index < -0.39 is 0 Å². The SMILES string of the molecule is C=CCOC1CCC(Nc2ncc3c(n2)N(C)C(=O)N(c2ccccc2Cl)C3)CC1.CN1C(=O)N(c2ccccc2Cl)Cc2cnc(NC3CCC(O)CC3)nc21. The summed E-state index contributed by atoms with van der Waals surface area (Å²) in [5.74, 6) is 2.30. The number of para-hydroxylation sites is 2. The lowest BCUT2D eigenvalue weighted by molar-refractivity contribution is 0.0443. The summed E-state index contributed by atoms with van der Waals surface area (Å²) in [5.41, 5.74) is 3.09. The van der Waals surface area contributed by atoms with Gasteiger partial charge in [0.1, 0.15) is 11.6 Å². The first-order chi connectivity index (χ1) is 27.6. The van der Waals surface area contributed by atoms with E-state index in [0.717, 1.165) is 62.5 Å². The van der Waals surface area contributed by atoms with Crippen molar-refractivity contribution in [2.24, 2.45) is 0 Å². The minimum Gasteiger partial charge on any atom is -0.393 e. The molecule has 0 saturated heterocycles. The van der Waals surface area contributed by atoms with Crippen LogP contribution >= 0.6 is 23.2 Å². The van der Waals surface area contributed by atoms with Gasteiger partial charge in [-0.1, -0.05) is 53.5 Å². The number of carbonyl (C=O) groups excluding carboxylic acids is 2. The van der Waals surface area contributed by atoms with E-state index >= 15 is 0 Å². The number of anilines is 6. The normalized spacial score (nSPS) is 21.9. The number of amides is 4. The van der Waals surface area contributed by atoms with Gasteiger partial charge in [0, 0.05) is 49.7 Å². The van der Waals surface area contributed by atoms with E-state index in [1.54, 1.807) is 59.4 Å². The van der Waals surface area contributed by atoms with Gasteiger partial charge in [0.05, 0.1) is 53.3 Å².